The van der Waals surface area contributed by atoms with Gasteiger partial charge in [-0.2, -0.15) is 5.10 Å². The van der Waals surface area contributed by atoms with Crippen LogP contribution in [0.4, 0.5) is 0 Å². The van der Waals surface area contributed by atoms with Crippen LogP contribution >= 0.6 is 38.5 Å². The number of amides is 1. The van der Waals surface area contributed by atoms with Crippen molar-refractivity contribution in [3.8, 4) is 17.0 Å². The van der Waals surface area contributed by atoms with E-state index < -0.39 is 0 Å². The number of nitrogens with zero attached hydrogens (tertiary/aromatic N) is 2. The van der Waals surface area contributed by atoms with E-state index in [1.54, 1.807) is 12.3 Å². The van der Waals surface area contributed by atoms with Crippen molar-refractivity contribution in [3.05, 3.63) is 128 Å². The highest BCUT2D eigenvalue weighted by Crippen LogP contribution is 2.30. The minimum atomic E-state index is -0.316. The van der Waals surface area contributed by atoms with Gasteiger partial charge in [-0.05, 0) is 52.4 Å². The molecule has 0 aliphatic rings. The molecule has 0 radical (unpaired) electrons. The molecule has 0 spiro atoms. The fourth-order valence-corrected chi connectivity index (χ4v) is 5.61. The summed E-state index contributed by atoms with van der Waals surface area (Å²) < 4.78 is 7.96. The Balaban J connectivity index is 1.41. The molecule has 7 heteroatoms. The van der Waals surface area contributed by atoms with Crippen molar-refractivity contribution in [2.24, 2.45) is 5.10 Å². The zero-order chi connectivity index (χ0) is 25.6. The van der Waals surface area contributed by atoms with E-state index in [1.807, 2.05) is 97.1 Å². The van der Waals surface area contributed by atoms with Crippen LogP contribution in [-0.2, 0) is 6.61 Å². The van der Waals surface area contributed by atoms with E-state index >= 15 is 0 Å². The van der Waals surface area contributed by atoms with Gasteiger partial charge < -0.3 is 4.74 Å². The molecule has 182 valence electrons. The number of benzene rings is 4. The minimum Gasteiger partial charge on any atom is -0.487 e. The van der Waals surface area contributed by atoms with Gasteiger partial charge in [0.1, 0.15) is 12.4 Å². The summed E-state index contributed by atoms with van der Waals surface area (Å²) in [6.07, 6.45) is 1.60. The Morgan fingerprint density at radius 2 is 1.65 bits per heavy atom. The van der Waals surface area contributed by atoms with E-state index in [9.17, 15) is 4.79 Å². The number of carbonyl (C=O) groups is 1. The molecule has 0 fully saturated rings. The van der Waals surface area contributed by atoms with Crippen molar-refractivity contribution in [3.63, 3.8) is 0 Å². The highest BCUT2D eigenvalue weighted by molar-refractivity contribution is 14.1. The summed E-state index contributed by atoms with van der Waals surface area (Å²) >= 11 is 5.78. The van der Waals surface area contributed by atoms with Crippen LogP contribution in [0.3, 0.4) is 0 Å². The quantitative estimate of drug-likeness (QED) is 0.111. The van der Waals surface area contributed by atoms with Crippen LogP contribution in [0.15, 0.2) is 113 Å². The number of hydrogen-bond donors (Lipinski definition) is 1. The zero-order valence-corrected chi connectivity index (χ0v) is 23.3. The van der Waals surface area contributed by atoms with Gasteiger partial charge in [0.15, 0.2) is 0 Å². The SMILES string of the molecule is O=C(N/N=C\c1cc(Br)cc(I)c1OCc1ccccc1)c1cc(-c2ccccc2)nc2ccccc12. The lowest BCUT2D eigenvalue weighted by molar-refractivity contribution is 0.0956. The van der Waals surface area contributed by atoms with E-state index in [2.05, 4.69) is 49.0 Å². The van der Waals surface area contributed by atoms with Crippen molar-refractivity contribution >= 4 is 61.5 Å². The van der Waals surface area contributed by atoms with E-state index in [0.29, 0.717) is 17.9 Å². The first-order chi connectivity index (χ1) is 18.1. The van der Waals surface area contributed by atoms with Crippen LogP contribution in [0, 0.1) is 3.57 Å². The first-order valence-corrected chi connectivity index (χ1v) is 13.4. The van der Waals surface area contributed by atoms with Crippen LogP contribution in [0.5, 0.6) is 5.75 Å². The summed E-state index contributed by atoms with van der Waals surface area (Å²) in [6.45, 7) is 0.428. The van der Waals surface area contributed by atoms with Gasteiger partial charge in [-0.25, -0.2) is 10.4 Å². The summed E-state index contributed by atoms with van der Waals surface area (Å²) in [5.41, 5.74) is 7.42. The third kappa shape index (κ3) is 6.06. The van der Waals surface area contributed by atoms with E-state index in [4.69, 9.17) is 9.72 Å². The summed E-state index contributed by atoms with van der Waals surface area (Å²) in [5, 5.41) is 5.04. The molecule has 5 rings (SSSR count). The maximum atomic E-state index is 13.3. The zero-order valence-electron chi connectivity index (χ0n) is 19.6. The van der Waals surface area contributed by atoms with Crippen molar-refractivity contribution in [1.82, 2.24) is 10.4 Å². The van der Waals surface area contributed by atoms with Gasteiger partial charge in [-0.1, -0.05) is 94.8 Å². The Kier molecular flexibility index (Phi) is 7.91. The molecule has 0 saturated carbocycles. The maximum Gasteiger partial charge on any atom is 0.272 e. The normalized spacial score (nSPS) is 11.1. The number of carbonyl (C=O) groups excluding carboxylic acids is 1. The summed E-state index contributed by atoms with van der Waals surface area (Å²) in [4.78, 5) is 18.0. The Morgan fingerprint density at radius 1 is 0.946 bits per heavy atom. The van der Waals surface area contributed by atoms with Crippen molar-refractivity contribution < 1.29 is 9.53 Å². The van der Waals surface area contributed by atoms with Crippen LogP contribution in [0.2, 0.25) is 0 Å². The third-order valence-corrected chi connectivity index (χ3v) is 6.92. The van der Waals surface area contributed by atoms with Crippen molar-refractivity contribution in [2.45, 2.75) is 6.61 Å². The lowest BCUT2D eigenvalue weighted by Crippen LogP contribution is -2.18. The van der Waals surface area contributed by atoms with Crippen LogP contribution < -0.4 is 10.2 Å². The smallest absolute Gasteiger partial charge is 0.272 e. The molecule has 0 unspecified atom stereocenters. The lowest BCUT2D eigenvalue weighted by atomic mass is 10.0. The predicted molar refractivity (Wildman–Crippen MR) is 160 cm³/mol. The summed E-state index contributed by atoms with van der Waals surface area (Å²) in [7, 11) is 0. The van der Waals surface area contributed by atoms with Gasteiger partial charge in [0.25, 0.3) is 5.91 Å². The van der Waals surface area contributed by atoms with Gasteiger partial charge in [-0.3, -0.25) is 4.79 Å². The highest BCUT2D eigenvalue weighted by Gasteiger charge is 2.14. The molecule has 1 heterocycles. The Labute approximate surface area is 236 Å². The molecular formula is C30H21BrIN3O2. The second-order valence-corrected chi connectivity index (χ2v) is 10.3. The molecule has 0 bridgehead atoms. The molecule has 0 aliphatic heterocycles. The fraction of sp³-hybridized carbons (Fsp3) is 0.0333. The first-order valence-electron chi connectivity index (χ1n) is 11.5. The number of nitrogens with one attached hydrogen (secondary N) is 1. The number of fused-ring (bicyclic) bond motifs is 1. The van der Waals surface area contributed by atoms with E-state index in [0.717, 1.165) is 41.3 Å². The number of rotatable bonds is 7. The van der Waals surface area contributed by atoms with Gasteiger partial charge in [0.2, 0.25) is 0 Å². The topological polar surface area (TPSA) is 63.6 Å². The number of pyridine rings is 1. The molecule has 1 aromatic heterocycles. The lowest BCUT2D eigenvalue weighted by Gasteiger charge is -2.12. The average molecular weight is 662 g/mol. The van der Waals surface area contributed by atoms with Gasteiger partial charge >= 0.3 is 0 Å². The standard InChI is InChI=1S/C30H21BrIN3O2/c31-23-15-22(29(26(32)16-23)37-19-20-9-3-1-4-10-20)18-33-35-30(36)25-17-28(21-11-5-2-6-12-21)34-27-14-8-7-13-24(25)27/h1-18H,19H2,(H,35,36)/b33-18-. The summed E-state index contributed by atoms with van der Waals surface area (Å²) in [5.74, 6) is 0.384. The number of hydrazone groups is 1. The second kappa shape index (κ2) is 11.7. The van der Waals surface area contributed by atoms with Crippen LogP contribution in [-0.4, -0.2) is 17.1 Å². The van der Waals surface area contributed by atoms with Crippen molar-refractivity contribution in [1.29, 1.82) is 0 Å². The number of aromatic nitrogens is 1. The number of halogens is 2. The molecule has 4 aromatic carbocycles. The molecule has 1 N–H and O–H groups in total. The first kappa shape index (κ1) is 25.1. The fourth-order valence-electron chi connectivity index (χ4n) is 3.90. The summed E-state index contributed by atoms with van der Waals surface area (Å²) in [6, 6.07) is 33.1. The molecule has 1 amide bonds. The Bertz CT molecular complexity index is 1590. The molecular weight excluding hydrogens is 641 g/mol. The Hall–Kier alpha value is -3.56. The monoisotopic (exact) mass is 661 g/mol. The molecule has 0 saturated heterocycles. The maximum absolute atomic E-state index is 13.3. The molecule has 37 heavy (non-hydrogen) atoms. The van der Waals surface area contributed by atoms with Crippen LogP contribution in [0.1, 0.15) is 21.5 Å². The molecule has 0 atom stereocenters. The largest absolute Gasteiger partial charge is 0.487 e. The van der Waals surface area contributed by atoms with E-state index in [-0.39, 0.29) is 5.91 Å². The third-order valence-electron chi connectivity index (χ3n) is 5.66. The highest BCUT2D eigenvalue weighted by atomic mass is 127. The van der Waals surface area contributed by atoms with E-state index in [1.165, 1.54) is 0 Å². The number of para-hydroxylation sites is 1. The molecule has 0 aliphatic carbocycles. The van der Waals surface area contributed by atoms with Gasteiger partial charge in [-0.15, -0.1) is 0 Å². The van der Waals surface area contributed by atoms with Gasteiger partial charge in [0.05, 0.1) is 26.6 Å². The molecule has 5 nitrogen and oxygen atoms in total. The molecule has 5 aromatic rings. The van der Waals surface area contributed by atoms with Gasteiger partial charge in [0, 0.05) is 21.0 Å². The Morgan fingerprint density at radius 3 is 2.43 bits per heavy atom. The second-order valence-electron chi connectivity index (χ2n) is 8.22. The number of ether oxygens (including phenoxy) is 1. The number of hydrogen-bond acceptors (Lipinski definition) is 4. The predicted octanol–water partition coefficient (Wildman–Crippen LogP) is 7.61. The minimum absolute atomic E-state index is 0.316. The van der Waals surface area contributed by atoms with Crippen molar-refractivity contribution in [2.75, 3.05) is 0 Å². The van der Waals surface area contributed by atoms with Crippen LogP contribution in [0.25, 0.3) is 22.2 Å². The average Bonchev–Trinajstić information content (AvgIpc) is 2.93.